The van der Waals surface area contributed by atoms with E-state index < -0.39 is 0 Å². The molecule has 1 aromatic heterocycles. The summed E-state index contributed by atoms with van der Waals surface area (Å²) in [6, 6.07) is 8.77. The third-order valence-electron chi connectivity index (χ3n) is 4.95. The number of piperidine rings is 1. The Balaban J connectivity index is 0.00000243. The van der Waals surface area contributed by atoms with Crippen molar-refractivity contribution in [2.75, 3.05) is 19.6 Å². The summed E-state index contributed by atoms with van der Waals surface area (Å²) in [7, 11) is 0. The summed E-state index contributed by atoms with van der Waals surface area (Å²) in [4.78, 5) is 12.4. The molecule has 0 radical (unpaired) electrons. The highest BCUT2D eigenvalue weighted by molar-refractivity contribution is 5.91. The highest BCUT2D eigenvalue weighted by Gasteiger charge is 2.23. The van der Waals surface area contributed by atoms with Crippen LogP contribution in [-0.2, 0) is 5.41 Å². The number of hydrogen-bond donors (Lipinski definition) is 2. The maximum absolute atomic E-state index is 12.4. The molecule has 1 saturated heterocycles. The molecule has 1 aromatic carbocycles. The average Bonchev–Trinajstić information content (AvgIpc) is 3.11. The molecule has 7 heteroatoms. The van der Waals surface area contributed by atoms with E-state index >= 15 is 0 Å². The summed E-state index contributed by atoms with van der Waals surface area (Å²) in [6.45, 7) is 8.85. The van der Waals surface area contributed by atoms with Crippen molar-refractivity contribution in [1.29, 1.82) is 0 Å². The molecule has 1 amide bonds. The number of aryl methyl sites for hydroxylation is 1. The van der Waals surface area contributed by atoms with Crippen LogP contribution in [0, 0.1) is 6.92 Å². The Kier molecular flexibility index (Phi) is 6.78. The van der Waals surface area contributed by atoms with Gasteiger partial charge in [0.15, 0.2) is 5.69 Å². The van der Waals surface area contributed by atoms with Gasteiger partial charge in [-0.25, -0.2) is 4.68 Å². The molecule has 1 aliphatic rings. The highest BCUT2D eigenvalue weighted by Crippen LogP contribution is 2.23. The van der Waals surface area contributed by atoms with Crippen molar-refractivity contribution < 1.29 is 4.79 Å². The van der Waals surface area contributed by atoms with Gasteiger partial charge in [-0.1, -0.05) is 48.9 Å². The first-order chi connectivity index (χ1) is 12.0. The fourth-order valence-corrected chi connectivity index (χ4v) is 3.13. The second-order valence-corrected chi connectivity index (χ2v) is 7.50. The van der Waals surface area contributed by atoms with Gasteiger partial charge in [0, 0.05) is 12.0 Å². The molecule has 26 heavy (non-hydrogen) atoms. The van der Waals surface area contributed by atoms with Gasteiger partial charge in [0.25, 0.3) is 5.91 Å². The Morgan fingerprint density at radius 3 is 2.58 bits per heavy atom. The number of amides is 1. The second kappa shape index (κ2) is 8.64. The average molecular weight is 378 g/mol. The maximum Gasteiger partial charge on any atom is 0.273 e. The molecule has 2 heterocycles. The number of aromatic nitrogens is 3. The van der Waals surface area contributed by atoms with Crippen LogP contribution in [-0.4, -0.2) is 40.5 Å². The number of halogens is 1. The number of carbonyl (C=O) groups is 1. The van der Waals surface area contributed by atoms with E-state index in [-0.39, 0.29) is 23.7 Å². The summed E-state index contributed by atoms with van der Waals surface area (Å²) in [5.41, 5.74) is 2.68. The summed E-state index contributed by atoms with van der Waals surface area (Å²) < 4.78 is 1.83. The lowest BCUT2D eigenvalue weighted by Gasteiger charge is -2.25. The normalized spacial score (nSPS) is 15.3. The van der Waals surface area contributed by atoms with Crippen LogP contribution in [0.25, 0.3) is 0 Å². The monoisotopic (exact) mass is 377 g/mol. The lowest BCUT2D eigenvalue weighted by atomic mass is 9.84. The van der Waals surface area contributed by atoms with Crippen molar-refractivity contribution in [2.45, 2.75) is 45.1 Å². The Labute approximate surface area is 161 Å². The smallest absolute Gasteiger partial charge is 0.273 e. The van der Waals surface area contributed by atoms with Crippen molar-refractivity contribution in [2.24, 2.45) is 0 Å². The predicted octanol–water partition coefficient (Wildman–Crippen LogP) is 2.64. The predicted molar refractivity (Wildman–Crippen MR) is 105 cm³/mol. The summed E-state index contributed by atoms with van der Waals surface area (Å²) in [6.07, 6.45) is 3.81. The van der Waals surface area contributed by atoms with Gasteiger partial charge in [0.2, 0.25) is 0 Å². The number of carbonyl (C=O) groups excluding carboxylic acids is 1. The van der Waals surface area contributed by atoms with Crippen LogP contribution in [0.3, 0.4) is 0 Å². The van der Waals surface area contributed by atoms with Crippen molar-refractivity contribution in [3.63, 3.8) is 0 Å². The lowest BCUT2D eigenvalue weighted by Crippen LogP contribution is -2.36. The van der Waals surface area contributed by atoms with Gasteiger partial charge in [-0.2, -0.15) is 0 Å². The Bertz CT molecular complexity index is 720. The molecule has 0 aliphatic carbocycles. The fourth-order valence-electron chi connectivity index (χ4n) is 3.13. The third-order valence-corrected chi connectivity index (χ3v) is 4.95. The van der Waals surface area contributed by atoms with Crippen LogP contribution in [0.1, 0.15) is 54.3 Å². The first kappa shape index (κ1) is 20.4. The molecular weight excluding hydrogens is 350 g/mol. The van der Waals surface area contributed by atoms with Crippen LogP contribution in [0.15, 0.2) is 30.5 Å². The van der Waals surface area contributed by atoms with E-state index in [1.807, 2.05) is 4.68 Å². The van der Waals surface area contributed by atoms with Crippen LogP contribution >= 0.6 is 12.4 Å². The standard InChI is InChI=1S/C19H27N5O.ClH/c1-14-4-6-15(7-5-14)19(2,3)13-21-18(25)17-12-24(23-22-17)16-8-10-20-11-9-16;/h4-7,12,16,20H,8-11,13H2,1-3H3,(H,21,25);1H. The Hall–Kier alpha value is -1.92. The largest absolute Gasteiger partial charge is 0.350 e. The van der Waals surface area contributed by atoms with Gasteiger partial charge in [-0.05, 0) is 38.4 Å². The van der Waals surface area contributed by atoms with Crippen LogP contribution in [0.4, 0.5) is 0 Å². The molecule has 0 spiro atoms. The second-order valence-electron chi connectivity index (χ2n) is 7.50. The van der Waals surface area contributed by atoms with Gasteiger partial charge in [0.1, 0.15) is 0 Å². The zero-order valence-corrected chi connectivity index (χ0v) is 16.5. The SMILES string of the molecule is Cc1ccc(C(C)(C)CNC(=O)c2cn(C3CCNCC3)nn2)cc1.Cl. The maximum atomic E-state index is 12.4. The molecule has 2 N–H and O–H groups in total. The molecule has 2 aromatic rings. The van der Waals surface area contributed by atoms with Gasteiger partial charge in [-0.3, -0.25) is 4.79 Å². The van der Waals surface area contributed by atoms with E-state index in [9.17, 15) is 4.79 Å². The molecule has 0 saturated carbocycles. The summed E-state index contributed by atoms with van der Waals surface area (Å²) in [5, 5.41) is 14.5. The topological polar surface area (TPSA) is 71.8 Å². The van der Waals surface area contributed by atoms with E-state index in [4.69, 9.17) is 0 Å². The summed E-state index contributed by atoms with van der Waals surface area (Å²) in [5.74, 6) is -0.166. The third kappa shape index (κ3) is 4.83. The minimum Gasteiger partial charge on any atom is -0.350 e. The highest BCUT2D eigenvalue weighted by atomic mass is 35.5. The van der Waals surface area contributed by atoms with Crippen molar-refractivity contribution >= 4 is 18.3 Å². The zero-order valence-electron chi connectivity index (χ0n) is 15.7. The van der Waals surface area contributed by atoms with Gasteiger partial charge in [0.05, 0.1) is 12.2 Å². The minimum absolute atomic E-state index is 0. The number of benzene rings is 1. The molecule has 142 valence electrons. The molecule has 1 aliphatic heterocycles. The first-order valence-corrected chi connectivity index (χ1v) is 8.93. The van der Waals surface area contributed by atoms with Crippen molar-refractivity contribution in [3.8, 4) is 0 Å². The first-order valence-electron chi connectivity index (χ1n) is 8.93. The molecule has 6 nitrogen and oxygen atoms in total. The van der Waals surface area contributed by atoms with Gasteiger partial charge >= 0.3 is 0 Å². The molecule has 1 fully saturated rings. The quantitative estimate of drug-likeness (QED) is 0.840. The van der Waals surface area contributed by atoms with Crippen LogP contribution in [0.2, 0.25) is 0 Å². The van der Waals surface area contributed by atoms with Gasteiger partial charge < -0.3 is 10.6 Å². The van der Waals surface area contributed by atoms with E-state index in [1.165, 1.54) is 11.1 Å². The lowest BCUT2D eigenvalue weighted by molar-refractivity contribution is 0.0940. The van der Waals surface area contributed by atoms with Gasteiger partial charge in [-0.15, -0.1) is 17.5 Å². The number of nitrogens with one attached hydrogen (secondary N) is 2. The molecular formula is C19H28ClN5O. The van der Waals surface area contributed by atoms with Crippen molar-refractivity contribution in [1.82, 2.24) is 25.6 Å². The van der Waals surface area contributed by atoms with E-state index in [2.05, 4.69) is 66.0 Å². The molecule has 0 unspecified atom stereocenters. The van der Waals surface area contributed by atoms with E-state index in [1.54, 1.807) is 6.20 Å². The van der Waals surface area contributed by atoms with E-state index in [0.717, 1.165) is 25.9 Å². The number of nitrogens with zero attached hydrogens (tertiary/aromatic N) is 3. The minimum atomic E-state index is -0.166. The molecule has 0 bridgehead atoms. The number of hydrogen-bond acceptors (Lipinski definition) is 4. The van der Waals surface area contributed by atoms with E-state index in [0.29, 0.717) is 18.3 Å². The van der Waals surface area contributed by atoms with Crippen molar-refractivity contribution in [3.05, 3.63) is 47.3 Å². The summed E-state index contributed by atoms with van der Waals surface area (Å²) >= 11 is 0. The fraction of sp³-hybridized carbons (Fsp3) is 0.526. The molecule has 0 atom stereocenters. The Morgan fingerprint density at radius 2 is 1.92 bits per heavy atom. The number of rotatable bonds is 5. The Morgan fingerprint density at radius 1 is 1.27 bits per heavy atom. The molecule has 3 rings (SSSR count). The van der Waals surface area contributed by atoms with Crippen LogP contribution < -0.4 is 10.6 Å². The zero-order chi connectivity index (χ0) is 17.9. The van der Waals surface area contributed by atoms with Crippen LogP contribution in [0.5, 0.6) is 0 Å².